The summed E-state index contributed by atoms with van der Waals surface area (Å²) in [4.78, 5) is 55.1. The van der Waals surface area contributed by atoms with Crippen LogP contribution < -0.4 is 10.6 Å². The summed E-state index contributed by atoms with van der Waals surface area (Å²) >= 11 is 0. The first-order valence-corrected chi connectivity index (χ1v) is 11.9. The van der Waals surface area contributed by atoms with Crippen LogP contribution >= 0.6 is 0 Å². The molecule has 0 bridgehead atoms. The number of likely N-dealkylation sites (tertiary alicyclic amines) is 1. The lowest BCUT2D eigenvalue weighted by atomic mass is 9.89. The van der Waals surface area contributed by atoms with Crippen LogP contribution in [0.25, 0.3) is 0 Å². The predicted octanol–water partition coefficient (Wildman–Crippen LogP) is 3.58. The maximum Gasteiger partial charge on any atom is 0.437 e. The van der Waals surface area contributed by atoms with Gasteiger partial charge in [0.15, 0.2) is 0 Å². The van der Waals surface area contributed by atoms with Gasteiger partial charge in [0.25, 0.3) is 0 Å². The van der Waals surface area contributed by atoms with E-state index in [0.717, 1.165) is 0 Å². The molecule has 0 radical (unpaired) electrons. The number of ether oxygens (including phenoxy) is 4. The lowest BCUT2D eigenvalue weighted by Gasteiger charge is -2.36. The molecule has 1 fully saturated rings. The predicted molar refractivity (Wildman–Crippen MR) is 133 cm³/mol. The Hall–Kier alpha value is -3.05. The summed E-state index contributed by atoms with van der Waals surface area (Å²) in [6.45, 7) is 16.1. The van der Waals surface area contributed by atoms with Gasteiger partial charge in [0.1, 0.15) is 22.8 Å². The Balaban J connectivity index is 3.01. The minimum absolute atomic E-state index is 0.0216. The molecule has 1 atom stereocenters. The molecule has 2 N–H and O–H groups in total. The third-order valence-corrected chi connectivity index (χ3v) is 4.64. The molecule has 0 aromatic rings. The fourth-order valence-corrected chi connectivity index (χ4v) is 3.32. The number of aliphatic imine (C=N–C) groups is 1. The van der Waals surface area contributed by atoms with Crippen molar-refractivity contribution in [2.75, 3.05) is 20.2 Å². The van der Waals surface area contributed by atoms with Gasteiger partial charge < -0.3 is 29.2 Å². The van der Waals surface area contributed by atoms with Gasteiger partial charge in [-0.25, -0.2) is 19.2 Å². The second-order valence-electron chi connectivity index (χ2n) is 11.5. The highest BCUT2D eigenvalue weighted by molar-refractivity contribution is 5.99. The molecule has 1 aliphatic rings. The highest BCUT2D eigenvalue weighted by Gasteiger charge is 2.36. The van der Waals surface area contributed by atoms with Gasteiger partial charge in [0, 0.05) is 13.1 Å². The van der Waals surface area contributed by atoms with Crippen molar-refractivity contribution >= 4 is 30.2 Å². The summed E-state index contributed by atoms with van der Waals surface area (Å²) < 4.78 is 20.7. The van der Waals surface area contributed by atoms with Crippen molar-refractivity contribution in [2.24, 2.45) is 10.9 Å². The smallest absolute Gasteiger partial charge is 0.437 e. The van der Waals surface area contributed by atoms with Crippen molar-refractivity contribution in [1.29, 1.82) is 0 Å². The first kappa shape index (κ1) is 31.0. The van der Waals surface area contributed by atoms with Gasteiger partial charge in [-0.05, 0) is 81.1 Å². The highest BCUT2D eigenvalue weighted by atomic mass is 16.6. The van der Waals surface area contributed by atoms with Gasteiger partial charge in [0.2, 0.25) is 5.96 Å². The van der Waals surface area contributed by atoms with E-state index >= 15 is 0 Å². The zero-order valence-electron chi connectivity index (χ0n) is 23.1. The SMILES string of the molecule is COC(=O)C(NC(=O)OC(C)(C)C)C1CCN(C(=NC(=O)OC(C)(C)C)NC(=O)OC(C)(C)C)CC1. The molecule has 0 aliphatic carbocycles. The molecule has 12 heteroatoms. The Bertz CT molecular complexity index is 829. The number of rotatable bonds is 3. The maximum absolute atomic E-state index is 12.4. The number of hydrogen-bond acceptors (Lipinski definition) is 8. The van der Waals surface area contributed by atoms with Crippen LogP contribution in [0.1, 0.15) is 75.2 Å². The number of carbonyl (C=O) groups is 4. The average molecular weight is 515 g/mol. The van der Waals surface area contributed by atoms with E-state index < -0.39 is 47.1 Å². The molecule has 1 rings (SSSR count). The molecule has 0 aromatic heterocycles. The van der Waals surface area contributed by atoms with E-state index in [-0.39, 0.29) is 11.9 Å². The van der Waals surface area contributed by atoms with Crippen molar-refractivity contribution in [3.8, 4) is 0 Å². The van der Waals surface area contributed by atoms with Crippen LogP contribution in [0.4, 0.5) is 14.4 Å². The van der Waals surface area contributed by atoms with Gasteiger partial charge in [-0.2, -0.15) is 0 Å². The Kier molecular flexibility index (Phi) is 10.6. The molecule has 36 heavy (non-hydrogen) atoms. The number of hydrogen-bond donors (Lipinski definition) is 2. The first-order valence-electron chi connectivity index (χ1n) is 11.9. The zero-order valence-corrected chi connectivity index (χ0v) is 23.1. The van der Waals surface area contributed by atoms with Crippen molar-refractivity contribution in [1.82, 2.24) is 15.5 Å². The van der Waals surface area contributed by atoms with Crippen molar-refractivity contribution < 1.29 is 38.1 Å². The first-order chi connectivity index (χ1) is 16.3. The topological polar surface area (TPSA) is 145 Å². The second-order valence-corrected chi connectivity index (χ2v) is 11.5. The standard InChI is InChI=1S/C24H42N4O8/c1-22(2,3)34-19(30)25-16(17(29)33-10)15-11-13-28(14-12-15)18(26-20(31)35-23(4,5)6)27-21(32)36-24(7,8)9/h15-16H,11-14H2,1-10H3,(H,25,30)(H,26,27,31,32). The van der Waals surface area contributed by atoms with Gasteiger partial charge in [-0.15, -0.1) is 4.99 Å². The van der Waals surface area contributed by atoms with E-state index in [1.165, 1.54) is 7.11 Å². The highest BCUT2D eigenvalue weighted by Crippen LogP contribution is 2.23. The van der Waals surface area contributed by atoms with Gasteiger partial charge in [-0.1, -0.05) is 0 Å². The Morgan fingerprint density at radius 3 is 1.72 bits per heavy atom. The largest absolute Gasteiger partial charge is 0.467 e. The number of amides is 3. The molecule has 3 amide bonds. The fraction of sp³-hybridized carbons (Fsp3) is 0.792. The summed E-state index contributed by atoms with van der Waals surface area (Å²) in [6.07, 6.45) is -1.50. The average Bonchev–Trinajstić information content (AvgIpc) is 2.67. The van der Waals surface area contributed by atoms with Gasteiger partial charge in [0.05, 0.1) is 7.11 Å². The molecule has 0 aromatic carbocycles. The maximum atomic E-state index is 12.4. The van der Waals surface area contributed by atoms with E-state index in [9.17, 15) is 19.2 Å². The molecule has 206 valence electrons. The quantitative estimate of drug-likeness (QED) is 0.250. The molecule has 0 saturated carbocycles. The van der Waals surface area contributed by atoms with Crippen molar-refractivity contribution in [3.63, 3.8) is 0 Å². The third-order valence-electron chi connectivity index (χ3n) is 4.64. The number of alkyl carbamates (subject to hydrolysis) is 2. The summed E-state index contributed by atoms with van der Waals surface area (Å²) in [5.41, 5.74) is -2.25. The third kappa shape index (κ3) is 12.1. The molecule has 12 nitrogen and oxygen atoms in total. The number of methoxy groups -OCH3 is 1. The summed E-state index contributed by atoms with van der Waals surface area (Å²) in [5, 5.41) is 5.13. The lowest BCUT2D eigenvalue weighted by Crippen LogP contribution is -2.54. The number of esters is 1. The van der Waals surface area contributed by atoms with Crippen molar-refractivity contribution in [3.05, 3.63) is 0 Å². The van der Waals surface area contributed by atoms with E-state index in [4.69, 9.17) is 18.9 Å². The number of nitrogens with zero attached hydrogens (tertiary/aromatic N) is 2. The molecular weight excluding hydrogens is 472 g/mol. The van der Waals surface area contributed by atoms with Gasteiger partial charge in [-0.3, -0.25) is 5.32 Å². The Labute approximate surface area is 213 Å². The molecule has 1 heterocycles. The van der Waals surface area contributed by atoms with Crippen LogP contribution in [-0.2, 0) is 23.7 Å². The fourth-order valence-electron chi connectivity index (χ4n) is 3.32. The van der Waals surface area contributed by atoms with E-state index in [0.29, 0.717) is 25.9 Å². The second kappa shape index (κ2) is 12.3. The number of guanidine groups is 1. The molecule has 0 spiro atoms. The normalized spacial score (nSPS) is 16.5. The van der Waals surface area contributed by atoms with Crippen LogP contribution in [0.5, 0.6) is 0 Å². The Morgan fingerprint density at radius 1 is 0.806 bits per heavy atom. The minimum Gasteiger partial charge on any atom is -0.467 e. The molecular formula is C24H42N4O8. The van der Waals surface area contributed by atoms with E-state index in [1.807, 2.05) is 0 Å². The van der Waals surface area contributed by atoms with Crippen molar-refractivity contribution in [2.45, 2.75) is 98.0 Å². The van der Waals surface area contributed by atoms with Crippen LogP contribution in [0, 0.1) is 5.92 Å². The monoisotopic (exact) mass is 514 g/mol. The van der Waals surface area contributed by atoms with Gasteiger partial charge >= 0.3 is 24.2 Å². The summed E-state index contributed by atoms with van der Waals surface area (Å²) in [5.74, 6) is -0.883. The molecule has 1 aliphatic heterocycles. The van der Waals surface area contributed by atoms with E-state index in [1.54, 1.807) is 67.2 Å². The van der Waals surface area contributed by atoms with Crippen LogP contribution in [0.15, 0.2) is 4.99 Å². The zero-order chi connectivity index (χ0) is 27.9. The van der Waals surface area contributed by atoms with Crippen LogP contribution in [0.3, 0.4) is 0 Å². The molecule has 1 saturated heterocycles. The number of carbonyl (C=O) groups excluding carboxylic acids is 4. The molecule has 1 unspecified atom stereocenters. The summed E-state index contributed by atoms with van der Waals surface area (Å²) in [6, 6.07) is -0.919. The van der Waals surface area contributed by atoms with Crippen LogP contribution in [0.2, 0.25) is 0 Å². The number of nitrogens with one attached hydrogen (secondary N) is 2. The Morgan fingerprint density at radius 2 is 1.28 bits per heavy atom. The number of piperidine rings is 1. The van der Waals surface area contributed by atoms with E-state index in [2.05, 4.69) is 15.6 Å². The minimum atomic E-state index is -0.919. The lowest BCUT2D eigenvalue weighted by molar-refractivity contribution is -0.145. The van der Waals surface area contributed by atoms with Crippen LogP contribution in [-0.4, -0.2) is 78.2 Å². The summed E-state index contributed by atoms with van der Waals surface area (Å²) in [7, 11) is 1.25.